The third kappa shape index (κ3) is 9.07. The molecule has 0 spiro atoms. The van der Waals surface area contributed by atoms with Crippen LogP contribution in [0.5, 0.6) is 5.75 Å². The summed E-state index contributed by atoms with van der Waals surface area (Å²) in [5, 5.41) is 7.54. The number of nitrogens with one attached hydrogen (secondary N) is 3. The number of carbonyl (C=O) groups is 4. The Labute approximate surface area is 329 Å². The maximum absolute atomic E-state index is 14.1. The van der Waals surface area contributed by atoms with Crippen molar-refractivity contribution < 1.29 is 64.1 Å². The van der Waals surface area contributed by atoms with E-state index in [0.717, 1.165) is 24.3 Å². The first-order chi connectivity index (χ1) is 27.5. The molecule has 1 unspecified atom stereocenters. The molecule has 6 rings (SSSR count). The molecule has 4 aromatic carbocycles. The van der Waals surface area contributed by atoms with Crippen LogP contribution in [0, 0.1) is 11.7 Å². The van der Waals surface area contributed by atoms with E-state index in [-0.39, 0.29) is 43.8 Å². The highest BCUT2D eigenvalue weighted by Gasteiger charge is 2.35. The lowest BCUT2D eigenvalue weighted by Crippen LogP contribution is -2.40. The monoisotopic (exact) mass is 831 g/mol. The van der Waals surface area contributed by atoms with E-state index in [2.05, 4.69) is 16.0 Å². The maximum atomic E-state index is 14.1. The van der Waals surface area contributed by atoms with Crippen LogP contribution in [-0.4, -0.2) is 51.1 Å². The number of alkyl halides is 6. The van der Waals surface area contributed by atoms with Crippen molar-refractivity contribution in [1.29, 1.82) is 0 Å². The lowest BCUT2D eigenvalue weighted by molar-refractivity contribution is -0.146. The highest BCUT2D eigenvalue weighted by molar-refractivity contribution is 7.21. The number of amides is 3. The zero-order valence-corrected chi connectivity index (χ0v) is 31.2. The number of carbonyl (C=O) groups excluding carboxylic acids is 4. The van der Waals surface area contributed by atoms with Gasteiger partial charge in [0.25, 0.3) is 11.8 Å². The molecule has 0 radical (unpaired) electrons. The molecule has 0 bridgehead atoms. The van der Waals surface area contributed by atoms with Gasteiger partial charge in [-0.15, -0.1) is 11.3 Å². The number of hydrogen-bond donors (Lipinski definition) is 3. The van der Waals surface area contributed by atoms with E-state index < -0.39 is 58.8 Å². The van der Waals surface area contributed by atoms with Crippen molar-refractivity contribution in [2.24, 2.45) is 5.92 Å². The molecule has 3 N–H and O–H groups in total. The van der Waals surface area contributed by atoms with E-state index in [4.69, 9.17) is 14.2 Å². The molecule has 5 aromatic rings. The van der Waals surface area contributed by atoms with Gasteiger partial charge in [0.2, 0.25) is 5.91 Å². The number of rotatable bonds is 10. The van der Waals surface area contributed by atoms with Crippen LogP contribution in [0.2, 0.25) is 0 Å². The number of halogens is 7. The third-order valence-electron chi connectivity index (χ3n) is 9.30. The Hall–Kier alpha value is -6.01. The third-order valence-corrected chi connectivity index (χ3v) is 10.5. The van der Waals surface area contributed by atoms with Crippen LogP contribution in [0.1, 0.15) is 55.6 Å². The quantitative estimate of drug-likeness (QED) is 0.0946. The van der Waals surface area contributed by atoms with Gasteiger partial charge in [0.15, 0.2) is 6.04 Å². The zero-order valence-electron chi connectivity index (χ0n) is 30.4. The van der Waals surface area contributed by atoms with E-state index in [1.165, 1.54) is 26.4 Å². The van der Waals surface area contributed by atoms with Crippen LogP contribution in [0.25, 0.3) is 21.2 Å². The summed E-state index contributed by atoms with van der Waals surface area (Å²) in [5.74, 6) is -4.98. The molecule has 10 nitrogen and oxygen atoms in total. The first kappa shape index (κ1) is 41.6. The van der Waals surface area contributed by atoms with Crippen LogP contribution < -0.4 is 20.7 Å². The number of hydrogen-bond acceptors (Lipinski definition) is 8. The molecule has 1 saturated heterocycles. The van der Waals surface area contributed by atoms with Crippen molar-refractivity contribution >= 4 is 56.5 Å². The lowest BCUT2D eigenvalue weighted by atomic mass is 9.96. The summed E-state index contributed by atoms with van der Waals surface area (Å²) < 4.78 is 111. The van der Waals surface area contributed by atoms with E-state index >= 15 is 0 Å². The van der Waals surface area contributed by atoms with Gasteiger partial charge in [-0.05, 0) is 78.1 Å². The van der Waals surface area contributed by atoms with Gasteiger partial charge in [-0.2, -0.15) is 26.3 Å². The molecule has 304 valence electrons. The highest BCUT2D eigenvalue weighted by Crippen LogP contribution is 2.41. The Balaban J connectivity index is 1.35. The van der Waals surface area contributed by atoms with Crippen molar-refractivity contribution in [1.82, 2.24) is 5.32 Å². The van der Waals surface area contributed by atoms with Gasteiger partial charge in [-0.1, -0.05) is 30.3 Å². The summed E-state index contributed by atoms with van der Waals surface area (Å²) in [4.78, 5) is 53.2. The molecule has 0 aliphatic carbocycles. The normalized spacial score (nSPS) is 14.1. The fourth-order valence-electron chi connectivity index (χ4n) is 6.32. The van der Waals surface area contributed by atoms with Gasteiger partial charge in [-0.25, -0.2) is 9.18 Å². The smallest absolute Gasteiger partial charge is 0.419 e. The number of benzene rings is 4. The van der Waals surface area contributed by atoms with Crippen LogP contribution in [0.3, 0.4) is 0 Å². The van der Waals surface area contributed by atoms with Crippen LogP contribution in [0.15, 0.2) is 78.9 Å². The summed E-state index contributed by atoms with van der Waals surface area (Å²) in [6.45, 7) is 0.810. The van der Waals surface area contributed by atoms with Crippen LogP contribution >= 0.6 is 11.3 Å². The maximum Gasteiger partial charge on any atom is 0.419 e. The van der Waals surface area contributed by atoms with Gasteiger partial charge in [0, 0.05) is 34.9 Å². The number of fused-ring (bicyclic) bond motifs is 1. The number of methoxy groups -OCH3 is 2. The van der Waals surface area contributed by atoms with E-state index in [9.17, 15) is 49.9 Å². The fraction of sp³-hybridized carbons (Fsp3) is 0.250. The zero-order chi connectivity index (χ0) is 41.9. The second-order valence-corrected chi connectivity index (χ2v) is 14.1. The van der Waals surface area contributed by atoms with Crippen molar-refractivity contribution in [2.45, 2.75) is 31.2 Å². The Morgan fingerprint density at radius 2 is 1.53 bits per heavy atom. The minimum Gasteiger partial charge on any atom is -0.496 e. The van der Waals surface area contributed by atoms with Gasteiger partial charge in [-0.3, -0.25) is 14.4 Å². The molecule has 1 aromatic heterocycles. The summed E-state index contributed by atoms with van der Waals surface area (Å²) in [6, 6.07) is 14.1. The van der Waals surface area contributed by atoms with Crippen molar-refractivity contribution in [3.63, 3.8) is 0 Å². The highest BCUT2D eigenvalue weighted by atomic mass is 32.1. The number of anilines is 2. The molecule has 3 amide bonds. The Morgan fingerprint density at radius 3 is 2.21 bits per heavy atom. The lowest BCUT2D eigenvalue weighted by Gasteiger charge is -2.24. The molecule has 2 heterocycles. The minimum atomic E-state index is -5.10. The second kappa shape index (κ2) is 16.8. The van der Waals surface area contributed by atoms with Gasteiger partial charge < -0.3 is 30.2 Å². The number of ether oxygens (including phenoxy) is 3. The minimum absolute atomic E-state index is 0.00561. The van der Waals surface area contributed by atoms with Gasteiger partial charge >= 0.3 is 18.3 Å². The van der Waals surface area contributed by atoms with Crippen molar-refractivity contribution in [3.8, 4) is 16.9 Å². The Bertz CT molecular complexity index is 2390. The molecular weight excluding hydrogens is 800 g/mol. The molecule has 0 saturated carbocycles. The Kier molecular flexibility index (Phi) is 12.1. The summed E-state index contributed by atoms with van der Waals surface area (Å²) in [7, 11) is 2.46. The first-order valence-corrected chi connectivity index (χ1v) is 18.2. The fourth-order valence-corrected chi connectivity index (χ4v) is 7.42. The SMILES string of the molecule is COC(=O)C(NC(=O)C1CCOCC1)c1cccc(-c2ccc(OC)c(C(=O)Nc3c(C(=O)Nc4ccc(F)c(C(F)(F)F)c4)sc4cc(C(F)(F)F)ccc34)c2)c1. The summed E-state index contributed by atoms with van der Waals surface area (Å²) in [6.07, 6.45) is -8.91. The second-order valence-electron chi connectivity index (χ2n) is 13.0. The topological polar surface area (TPSA) is 132 Å². The first-order valence-electron chi connectivity index (χ1n) is 17.4. The average molecular weight is 832 g/mol. The summed E-state index contributed by atoms with van der Waals surface area (Å²) >= 11 is 0.535. The van der Waals surface area contributed by atoms with Crippen LogP contribution in [-0.2, 0) is 31.4 Å². The van der Waals surface area contributed by atoms with Crippen molar-refractivity contribution in [3.05, 3.63) is 112 Å². The number of thiophene rings is 1. The predicted molar refractivity (Wildman–Crippen MR) is 199 cm³/mol. The molecular formula is C40H32F7N3O7S. The number of esters is 1. The van der Waals surface area contributed by atoms with E-state index in [1.54, 1.807) is 30.3 Å². The van der Waals surface area contributed by atoms with Gasteiger partial charge in [0.05, 0.1) is 36.6 Å². The van der Waals surface area contributed by atoms with Crippen molar-refractivity contribution in [2.75, 3.05) is 38.1 Å². The Morgan fingerprint density at radius 1 is 0.810 bits per heavy atom. The molecule has 18 heteroatoms. The average Bonchev–Trinajstić information content (AvgIpc) is 3.57. The largest absolute Gasteiger partial charge is 0.496 e. The molecule has 1 aliphatic heterocycles. The summed E-state index contributed by atoms with van der Waals surface area (Å²) in [5.41, 5.74) is -2.28. The van der Waals surface area contributed by atoms with Gasteiger partial charge in [0.1, 0.15) is 16.4 Å². The van der Waals surface area contributed by atoms with E-state index in [1.807, 2.05) is 0 Å². The standard InChI is InChI=1S/C40H32F7N3O7S/c1-55-30-11-6-22(21-4-3-5-23(16-21)32(38(54)56-2)49-35(51)20-12-14-57-15-13-20)17-27(30)36(52)50-33-26-9-7-24(39(42,43)44)18-31(26)58-34(33)37(53)48-25-8-10-29(41)28(19-25)40(45,46)47/h3-11,16-20,32H,12-15H2,1-2H3,(H,48,53)(H,49,51)(H,50,52). The predicted octanol–water partition coefficient (Wildman–Crippen LogP) is 9.02. The molecule has 1 fully saturated rings. The molecule has 1 aliphatic rings. The van der Waals surface area contributed by atoms with E-state index in [0.29, 0.717) is 66.2 Å². The van der Waals surface area contributed by atoms with Crippen LogP contribution in [0.4, 0.5) is 42.1 Å². The molecule has 1 atom stereocenters. The molecule has 58 heavy (non-hydrogen) atoms.